The summed E-state index contributed by atoms with van der Waals surface area (Å²) in [5.41, 5.74) is 0.334. The second-order valence-corrected chi connectivity index (χ2v) is 5.71. The van der Waals surface area contributed by atoms with E-state index < -0.39 is 0 Å². The molecular weight excluding hydrogens is 212 g/mol. The fourth-order valence-electron chi connectivity index (χ4n) is 2.72. The van der Waals surface area contributed by atoms with Crippen molar-refractivity contribution < 1.29 is 9.47 Å². The summed E-state index contributed by atoms with van der Waals surface area (Å²) in [4.78, 5) is 0. The maximum absolute atomic E-state index is 5.75. The van der Waals surface area contributed by atoms with Gasteiger partial charge in [-0.3, -0.25) is 0 Å². The van der Waals surface area contributed by atoms with Crippen LogP contribution in [0, 0.1) is 5.41 Å². The number of rotatable bonds is 9. The third kappa shape index (κ3) is 4.97. The van der Waals surface area contributed by atoms with Gasteiger partial charge in [0.15, 0.2) is 0 Å². The molecular formula is C15H30O2. The first-order valence-electron chi connectivity index (χ1n) is 7.42. The molecule has 0 aromatic carbocycles. The van der Waals surface area contributed by atoms with Crippen LogP contribution in [0.1, 0.15) is 72.1 Å². The summed E-state index contributed by atoms with van der Waals surface area (Å²) in [6.07, 6.45) is 10.9. The zero-order chi connectivity index (χ0) is 12.6. The van der Waals surface area contributed by atoms with E-state index in [0.29, 0.717) is 18.3 Å². The lowest BCUT2D eigenvalue weighted by atomic mass is 9.75. The van der Waals surface area contributed by atoms with E-state index in [1.54, 1.807) is 0 Å². The van der Waals surface area contributed by atoms with Gasteiger partial charge in [-0.1, -0.05) is 59.3 Å². The zero-order valence-electron chi connectivity index (χ0n) is 12.0. The second-order valence-electron chi connectivity index (χ2n) is 5.71. The molecule has 0 bridgehead atoms. The Morgan fingerprint density at radius 3 is 2.29 bits per heavy atom. The zero-order valence-corrected chi connectivity index (χ0v) is 12.0. The maximum atomic E-state index is 5.75. The summed E-state index contributed by atoms with van der Waals surface area (Å²) in [5.74, 6) is 0. The number of hydrogen-bond acceptors (Lipinski definition) is 2. The molecule has 1 aliphatic heterocycles. The Bertz CT molecular complexity index is 187. The van der Waals surface area contributed by atoms with Gasteiger partial charge in [0.25, 0.3) is 0 Å². The summed E-state index contributed by atoms with van der Waals surface area (Å²) in [7, 11) is 0. The minimum Gasteiger partial charge on any atom is -0.353 e. The first kappa shape index (κ1) is 15.0. The largest absolute Gasteiger partial charge is 0.353 e. The fourth-order valence-corrected chi connectivity index (χ4v) is 2.72. The van der Waals surface area contributed by atoms with E-state index >= 15 is 0 Å². The van der Waals surface area contributed by atoms with Gasteiger partial charge in [0, 0.05) is 0 Å². The lowest BCUT2D eigenvalue weighted by molar-refractivity contribution is -0.0126. The van der Waals surface area contributed by atoms with Crippen LogP contribution < -0.4 is 0 Å². The lowest BCUT2D eigenvalue weighted by Crippen LogP contribution is -2.34. The summed E-state index contributed by atoms with van der Waals surface area (Å²) in [6, 6.07) is 0. The van der Waals surface area contributed by atoms with E-state index in [1.807, 2.05) is 0 Å². The summed E-state index contributed by atoms with van der Waals surface area (Å²) < 4.78 is 11.1. The van der Waals surface area contributed by atoms with E-state index in [4.69, 9.17) is 9.47 Å². The van der Waals surface area contributed by atoms with E-state index in [1.165, 1.54) is 51.4 Å². The van der Waals surface area contributed by atoms with Crippen LogP contribution in [-0.2, 0) is 9.47 Å². The Morgan fingerprint density at radius 2 is 1.71 bits per heavy atom. The van der Waals surface area contributed by atoms with Crippen molar-refractivity contribution in [2.24, 2.45) is 5.41 Å². The van der Waals surface area contributed by atoms with E-state index in [9.17, 15) is 0 Å². The average Bonchev–Trinajstić information content (AvgIpc) is 2.86. The van der Waals surface area contributed by atoms with Crippen LogP contribution in [0.4, 0.5) is 0 Å². The van der Waals surface area contributed by atoms with Crippen molar-refractivity contribution in [3.05, 3.63) is 0 Å². The molecule has 2 unspecified atom stereocenters. The van der Waals surface area contributed by atoms with Crippen LogP contribution in [0.3, 0.4) is 0 Å². The molecule has 1 fully saturated rings. The molecule has 0 amide bonds. The highest BCUT2D eigenvalue weighted by Gasteiger charge is 2.36. The van der Waals surface area contributed by atoms with Gasteiger partial charge in [-0.25, -0.2) is 0 Å². The standard InChI is InChI=1S/C15H30O2/c1-4-6-8-9-11-15(3,10-7-5-2)14-12-16-13-17-14/h14H,4-13H2,1-3H3. The van der Waals surface area contributed by atoms with Gasteiger partial charge in [0.05, 0.1) is 12.7 Å². The summed E-state index contributed by atoms with van der Waals surface area (Å²) in [5, 5.41) is 0. The molecule has 17 heavy (non-hydrogen) atoms. The van der Waals surface area contributed by atoms with E-state index in [-0.39, 0.29) is 0 Å². The highest BCUT2D eigenvalue weighted by atomic mass is 16.7. The number of unbranched alkanes of at least 4 members (excludes halogenated alkanes) is 4. The third-order valence-electron chi connectivity index (χ3n) is 4.10. The normalized spacial score (nSPS) is 23.8. The molecule has 0 aliphatic carbocycles. The molecule has 2 heteroatoms. The molecule has 1 aliphatic rings. The van der Waals surface area contributed by atoms with Gasteiger partial charge >= 0.3 is 0 Å². The van der Waals surface area contributed by atoms with E-state index in [0.717, 1.165) is 6.61 Å². The number of ether oxygens (including phenoxy) is 2. The third-order valence-corrected chi connectivity index (χ3v) is 4.10. The maximum Gasteiger partial charge on any atom is 0.147 e. The topological polar surface area (TPSA) is 18.5 Å². The molecule has 1 rings (SSSR count). The quantitative estimate of drug-likeness (QED) is 0.553. The van der Waals surface area contributed by atoms with Crippen LogP contribution in [0.15, 0.2) is 0 Å². The molecule has 2 atom stereocenters. The van der Waals surface area contributed by atoms with Crippen molar-refractivity contribution >= 4 is 0 Å². The van der Waals surface area contributed by atoms with Crippen molar-refractivity contribution in [3.63, 3.8) is 0 Å². The molecule has 2 nitrogen and oxygen atoms in total. The van der Waals surface area contributed by atoms with Crippen molar-refractivity contribution in [2.45, 2.75) is 78.2 Å². The van der Waals surface area contributed by atoms with Gasteiger partial charge in [0.1, 0.15) is 6.79 Å². The average molecular weight is 242 g/mol. The summed E-state index contributed by atoms with van der Waals surface area (Å²) in [6.45, 7) is 8.23. The van der Waals surface area contributed by atoms with Crippen LogP contribution in [0.5, 0.6) is 0 Å². The molecule has 0 spiro atoms. The van der Waals surface area contributed by atoms with Crippen LogP contribution in [0.25, 0.3) is 0 Å². The van der Waals surface area contributed by atoms with Gasteiger partial charge in [-0.15, -0.1) is 0 Å². The van der Waals surface area contributed by atoms with Gasteiger partial charge < -0.3 is 9.47 Å². The Kier molecular flexibility index (Phi) is 7.14. The fraction of sp³-hybridized carbons (Fsp3) is 1.00. The van der Waals surface area contributed by atoms with Crippen LogP contribution in [-0.4, -0.2) is 19.5 Å². The minimum absolute atomic E-state index is 0.329. The predicted molar refractivity (Wildman–Crippen MR) is 72.1 cm³/mol. The molecule has 0 aromatic rings. The Morgan fingerprint density at radius 1 is 1.00 bits per heavy atom. The van der Waals surface area contributed by atoms with Crippen molar-refractivity contribution in [3.8, 4) is 0 Å². The van der Waals surface area contributed by atoms with E-state index in [2.05, 4.69) is 20.8 Å². The Balaban J connectivity index is 2.39. The van der Waals surface area contributed by atoms with Crippen molar-refractivity contribution in [2.75, 3.05) is 13.4 Å². The van der Waals surface area contributed by atoms with Crippen molar-refractivity contribution in [1.29, 1.82) is 0 Å². The first-order valence-corrected chi connectivity index (χ1v) is 7.42. The number of hydrogen-bond donors (Lipinski definition) is 0. The molecule has 0 aromatic heterocycles. The SMILES string of the molecule is CCCCCCC(C)(CCCC)C1COCO1. The van der Waals surface area contributed by atoms with Gasteiger partial charge in [-0.2, -0.15) is 0 Å². The van der Waals surface area contributed by atoms with Crippen LogP contribution in [0.2, 0.25) is 0 Å². The van der Waals surface area contributed by atoms with Gasteiger partial charge in [-0.05, 0) is 18.3 Å². The first-order chi connectivity index (χ1) is 8.23. The highest BCUT2D eigenvalue weighted by Crippen LogP contribution is 2.38. The molecule has 0 N–H and O–H groups in total. The predicted octanol–water partition coefficient (Wildman–Crippen LogP) is 4.53. The van der Waals surface area contributed by atoms with Gasteiger partial charge in [0.2, 0.25) is 0 Å². The molecule has 1 heterocycles. The molecule has 1 saturated heterocycles. The van der Waals surface area contributed by atoms with Crippen molar-refractivity contribution in [1.82, 2.24) is 0 Å². The minimum atomic E-state index is 0.329. The monoisotopic (exact) mass is 242 g/mol. The smallest absolute Gasteiger partial charge is 0.147 e. The summed E-state index contributed by atoms with van der Waals surface area (Å²) >= 11 is 0. The second kappa shape index (κ2) is 8.10. The molecule has 0 saturated carbocycles. The van der Waals surface area contributed by atoms with Crippen LogP contribution >= 0.6 is 0 Å². The molecule has 0 radical (unpaired) electrons. The lowest BCUT2D eigenvalue weighted by Gasteiger charge is -2.34. The Hall–Kier alpha value is -0.0800. The highest BCUT2D eigenvalue weighted by molar-refractivity contribution is 4.84. The Labute approximate surface area is 107 Å². The molecule has 102 valence electrons.